The number of hydrazine groups is 1. The van der Waals surface area contributed by atoms with E-state index in [0.29, 0.717) is 11.4 Å². The van der Waals surface area contributed by atoms with E-state index in [-0.39, 0.29) is 6.03 Å². The number of hydrogen-bond acceptors (Lipinski definition) is 3. The van der Waals surface area contributed by atoms with E-state index in [2.05, 4.69) is 10.7 Å². The monoisotopic (exact) mass is 276 g/mol. The minimum absolute atomic E-state index is 0.362. The van der Waals surface area contributed by atoms with Crippen molar-refractivity contribution >= 4 is 17.4 Å². The number of anilines is 1. The number of urea groups is 1. The Hall–Kier alpha value is -2.08. The van der Waals surface area contributed by atoms with Gasteiger partial charge in [0.25, 0.3) is 0 Å². The molecule has 2 rings (SSSR count). The van der Waals surface area contributed by atoms with Crippen LogP contribution < -0.4 is 10.7 Å². The molecule has 1 aliphatic rings. The Morgan fingerprint density at radius 1 is 1.35 bits per heavy atom. The molecule has 1 heterocycles. The SMILES string of the molecule is CC1=[N+]([O-])C(C)N(NC(=O)Nc2ccccc2)C1(C)C. The normalized spacial score (nSPS) is 21.9. The molecule has 20 heavy (non-hydrogen) atoms. The van der Waals surface area contributed by atoms with Crippen molar-refractivity contribution < 1.29 is 9.53 Å². The maximum absolute atomic E-state index is 12.0. The number of hydroxylamine groups is 1. The summed E-state index contributed by atoms with van der Waals surface area (Å²) in [5.74, 6) is 0. The molecule has 0 aliphatic carbocycles. The predicted molar refractivity (Wildman–Crippen MR) is 78.3 cm³/mol. The van der Waals surface area contributed by atoms with Crippen molar-refractivity contribution in [1.82, 2.24) is 10.4 Å². The second kappa shape index (κ2) is 5.13. The molecule has 0 saturated heterocycles. The highest BCUT2D eigenvalue weighted by molar-refractivity contribution is 5.91. The van der Waals surface area contributed by atoms with Crippen molar-refractivity contribution in [2.75, 3.05) is 5.32 Å². The number of para-hydroxylation sites is 1. The van der Waals surface area contributed by atoms with E-state index in [1.54, 1.807) is 31.0 Å². The average Bonchev–Trinajstić information content (AvgIpc) is 2.55. The molecule has 1 atom stereocenters. The van der Waals surface area contributed by atoms with Crippen molar-refractivity contribution in [2.24, 2.45) is 0 Å². The van der Waals surface area contributed by atoms with E-state index in [0.717, 1.165) is 4.74 Å². The highest BCUT2D eigenvalue weighted by atomic mass is 16.5. The molecule has 1 unspecified atom stereocenters. The maximum Gasteiger partial charge on any atom is 0.333 e. The number of hydrogen-bond donors (Lipinski definition) is 2. The molecule has 108 valence electrons. The lowest BCUT2D eigenvalue weighted by molar-refractivity contribution is -0.513. The highest BCUT2D eigenvalue weighted by Gasteiger charge is 2.48. The summed E-state index contributed by atoms with van der Waals surface area (Å²) >= 11 is 0. The largest absolute Gasteiger partial charge is 0.623 e. The summed E-state index contributed by atoms with van der Waals surface area (Å²) in [6, 6.07) is 8.80. The van der Waals surface area contributed by atoms with Gasteiger partial charge in [-0.25, -0.2) is 4.79 Å². The molecule has 1 aliphatic heterocycles. The summed E-state index contributed by atoms with van der Waals surface area (Å²) in [6.45, 7) is 7.34. The van der Waals surface area contributed by atoms with Gasteiger partial charge in [-0.15, -0.1) is 5.01 Å². The molecule has 2 N–H and O–H groups in total. The van der Waals surface area contributed by atoms with Crippen LogP contribution in [0.25, 0.3) is 0 Å². The average molecular weight is 276 g/mol. The number of amides is 2. The third kappa shape index (κ3) is 2.46. The van der Waals surface area contributed by atoms with E-state index in [4.69, 9.17) is 0 Å². The van der Waals surface area contributed by atoms with E-state index in [1.165, 1.54) is 0 Å². The van der Waals surface area contributed by atoms with Crippen LogP contribution >= 0.6 is 0 Å². The first-order chi connectivity index (χ1) is 9.34. The zero-order valence-corrected chi connectivity index (χ0v) is 12.2. The Balaban J connectivity index is 2.06. The van der Waals surface area contributed by atoms with Crippen molar-refractivity contribution in [3.05, 3.63) is 35.5 Å². The first kappa shape index (κ1) is 14.3. The van der Waals surface area contributed by atoms with Gasteiger partial charge in [0, 0.05) is 19.5 Å². The predicted octanol–water partition coefficient (Wildman–Crippen LogP) is 2.13. The van der Waals surface area contributed by atoms with E-state index in [9.17, 15) is 10.0 Å². The summed E-state index contributed by atoms with van der Waals surface area (Å²) in [6.07, 6.45) is -0.438. The lowest BCUT2D eigenvalue weighted by Crippen LogP contribution is -2.57. The molecular weight excluding hydrogens is 256 g/mol. The first-order valence-electron chi connectivity index (χ1n) is 6.56. The lowest BCUT2D eigenvalue weighted by Gasteiger charge is -2.30. The van der Waals surface area contributed by atoms with Crippen LogP contribution in [0.2, 0.25) is 0 Å². The lowest BCUT2D eigenvalue weighted by atomic mass is 10.0. The smallest absolute Gasteiger partial charge is 0.333 e. The fourth-order valence-electron chi connectivity index (χ4n) is 2.32. The van der Waals surface area contributed by atoms with Gasteiger partial charge in [-0.2, -0.15) is 4.74 Å². The molecule has 0 aromatic heterocycles. The van der Waals surface area contributed by atoms with Gasteiger partial charge in [-0.3, -0.25) is 5.43 Å². The van der Waals surface area contributed by atoms with Crippen molar-refractivity contribution in [1.29, 1.82) is 0 Å². The van der Waals surface area contributed by atoms with Crippen molar-refractivity contribution in [3.8, 4) is 0 Å². The molecule has 2 amide bonds. The summed E-state index contributed by atoms with van der Waals surface area (Å²) in [5, 5.41) is 16.3. The topological polar surface area (TPSA) is 70.4 Å². The number of carbonyl (C=O) groups is 1. The third-order valence-corrected chi connectivity index (χ3v) is 3.78. The minimum Gasteiger partial charge on any atom is -0.623 e. The van der Waals surface area contributed by atoms with Gasteiger partial charge in [0.2, 0.25) is 6.17 Å². The van der Waals surface area contributed by atoms with Crippen LogP contribution in [0.3, 0.4) is 0 Å². The van der Waals surface area contributed by atoms with E-state index < -0.39 is 11.7 Å². The van der Waals surface area contributed by atoms with E-state index in [1.807, 2.05) is 32.0 Å². The van der Waals surface area contributed by atoms with Crippen LogP contribution in [0.1, 0.15) is 27.7 Å². The molecule has 1 aromatic rings. The number of nitrogens with zero attached hydrogens (tertiary/aromatic N) is 2. The summed E-state index contributed by atoms with van der Waals surface area (Å²) in [7, 11) is 0. The summed E-state index contributed by atoms with van der Waals surface area (Å²) in [5.41, 5.74) is 3.60. The number of rotatable bonds is 2. The number of benzene rings is 1. The second-order valence-electron chi connectivity index (χ2n) is 5.40. The minimum atomic E-state index is -0.519. The molecular formula is C14H20N4O2. The molecule has 6 heteroatoms. The maximum atomic E-state index is 12.0. The van der Waals surface area contributed by atoms with Crippen LogP contribution in [0.5, 0.6) is 0 Å². The van der Waals surface area contributed by atoms with Gasteiger partial charge in [-0.05, 0) is 26.0 Å². The molecule has 0 radical (unpaired) electrons. The van der Waals surface area contributed by atoms with Gasteiger partial charge in [0.05, 0.1) is 0 Å². The second-order valence-corrected chi connectivity index (χ2v) is 5.40. The van der Waals surface area contributed by atoms with Crippen LogP contribution in [-0.2, 0) is 0 Å². The molecule has 0 fully saturated rings. The zero-order chi connectivity index (χ0) is 14.9. The molecule has 6 nitrogen and oxygen atoms in total. The first-order valence-corrected chi connectivity index (χ1v) is 6.56. The Labute approximate surface area is 118 Å². The molecule has 0 spiro atoms. The van der Waals surface area contributed by atoms with Gasteiger partial charge in [-0.1, -0.05) is 18.2 Å². The van der Waals surface area contributed by atoms with Gasteiger partial charge >= 0.3 is 6.03 Å². The molecule has 1 aromatic carbocycles. The standard InChI is InChI=1S/C14H20N4O2/c1-10-14(3,4)18(11(2)17(10)20)16-13(19)15-12-8-6-5-7-9-12/h5-9,11H,1-4H3,(H2,15,16,19). The van der Waals surface area contributed by atoms with Crippen LogP contribution in [0.4, 0.5) is 10.5 Å². The summed E-state index contributed by atoms with van der Waals surface area (Å²) < 4.78 is 0.919. The quantitative estimate of drug-likeness (QED) is 0.642. The van der Waals surface area contributed by atoms with Gasteiger partial charge in [0.15, 0.2) is 5.71 Å². The van der Waals surface area contributed by atoms with Gasteiger partial charge < -0.3 is 10.5 Å². The fraction of sp³-hybridized carbons (Fsp3) is 0.429. The van der Waals surface area contributed by atoms with Crippen LogP contribution in [0.15, 0.2) is 30.3 Å². The molecule has 0 saturated carbocycles. The summed E-state index contributed by atoms with van der Waals surface area (Å²) in [4.78, 5) is 12.0. The van der Waals surface area contributed by atoms with Gasteiger partial charge in [0.1, 0.15) is 5.54 Å². The Bertz CT molecular complexity index is 539. The van der Waals surface area contributed by atoms with Crippen molar-refractivity contribution in [3.63, 3.8) is 0 Å². The number of carbonyl (C=O) groups excluding carboxylic acids is 1. The van der Waals surface area contributed by atoms with Crippen LogP contribution in [-0.4, -0.2) is 33.2 Å². The Morgan fingerprint density at radius 3 is 2.45 bits per heavy atom. The Kier molecular flexibility index (Phi) is 3.67. The van der Waals surface area contributed by atoms with E-state index >= 15 is 0 Å². The number of nitrogens with one attached hydrogen (secondary N) is 2. The van der Waals surface area contributed by atoms with Crippen LogP contribution in [0, 0.1) is 5.21 Å². The van der Waals surface area contributed by atoms with Crippen molar-refractivity contribution in [2.45, 2.75) is 39.4 Å². The fourth-order valence-corrected chi connectivity index (χ4v) is 2.32. The molecule has 0 bridgehead atoms. The highest BCUT2D eigenvalue weighted by Crippen LogP contribution is 2.24. The Morgan fingerprint density at radius 2 is 1.95 bits per heavy atom. The zero-order valence-electron chi connectivity index (χ0n) is 12.2. The third-order valence-electron chi connectivity index (χ3n) is 3.78.